The first-order valence-corrected chi connectivity index (χ1v) is 7.31. The zero-order valence-corrected chi connectivity index (χ0v) is 12.8. The van der Waals surface area contributed by atoms with Crippen LogP contribution in [0.15, 0.2) is 24.3 Å². The summed E-state index contributed by atoms with van der Waals surface area (Å²) < 4.78 is 5.92. The average molecular weight is 286 g/mol. The van der Waals surface area contributed by atoms with Crippen molar-refractivity contribution in [1.29, 1.82) is 0 Å². The van der Waals surface area contributed by atoms with Gasteiger partial charge in [0.15, 0.2) is 0 Å². The van der Waals surface area contributed by atoms with E-state index in [4.69, 9.17) is 9.84 Å². The van der Waals surface area contributed by atoms with Crippen molar-refractivity contribution in [3.8, 4) is 17.6 Å². The molecule has 0 atom stereocenters. The molecule has 0 saturated carbocycles. The minimum atomic E-state index is -0.106. The minimum absolute atomic E-state index is 0.106. The third-order valence-electron chi connectivity index (χ3n) is 3.09. The van der Waals surface area contributed by atoms with E-state index in [9.17, 15) is 0 Å². The van der Waals surface area contributed by atoms with Crippen LogP contribution in [0.25, 0.3) is 0 Å². The topological polar surface area (TPSA) is 29.5 Å². The van der Waals surface area contributed by atoms with E-state index in [0.29, 0.717) is 6.61 Å². The van der Waals surface area contributed by atoms with Gasteiger partial charge in [-0.25, -0.2) is 0 Å². The van der Waals surface area contributed by atoms with Gasteiger partial charge in [0.2, 0.25) is 0 Å². The number of benzene rings is 1. The summed E-state index contributed by atoms with van der Waals surface area (Å²) in [6.45, 7) is 6.70. The Labute approximate surface area is 124 Å². The molecule has 0 saturated heterocycles. The molecule has 0 aliphatic rings. The number of thiophene rings is 1. The maximum atomic E-state index is 8.68. The zero-order chi connectivity index (χ0) is 14.5. The van der Waals surface area contributed by atoms with Gasteiger partial charge < -0.3 is 9.84 Å². The van der Waals surface area contributed by atoms with Gasteiger partial charge in [-0.2, -0.15) is 0 Å². The Morgan fingerprint density at radius 1 is 1.20 bits per heavy atom. The third kappa shape index (κ3) is 3.63. The minimum Gasteiger partial charge on any atom is -0.488 e. The predicted octanol–water partition coefficient (Wildman–Crippen LogP) is 3.60. The van der Waals surface area contributed by atoms with Gasteiger partial charge in [0.25, 0.3) is 0 Å². The predicted molar refractivity (Wildman–Crippen MR) is 83.3 cm³/mol. The SMILES string of the molecule is Cc1cc(C)c(C)c(OCc2ccc(C#CCO)s2)c1. The fraction of sp³-hybridized carbons (Fsp3) is 0.294. The van der Waals surface area contributed by atoms with Crippen LogP contribution in [0.5, 0.6) is 5.75 Å². The molecule has 2 rings (SSSR count). The molecule has 0 amide bonds. The number of rotatable bonds is 3. The van der Waals surface area contributed by atoms with E-state index in [-0.39, 0.29) is 6.61 Å². The van der Waals surface area contributed by atoms with E-state index in [0.717, 1.165) is 15.5 Å². The molecule has 0 aliphatic carbocycles. The molecule has 20 heavy (non-hydrogen) atoms. The van der Waals surface area contributed by atoms with Crippen LogP contribution in [-0.2, 0) is 6.61 Å². The highest BCUT2D eigenvalue weighted by Gasteiger charge is 2.05. The molecule has 0 radical (unpaired) electrons. The van der Waals surface area contributed by atoms with Crippen molar-refractivity contribution >= 4 is 11.3 Å². The maximum Gasteiger partial charge on any atom is 0.123 e. The second-order valence-corrected chi connectivity index (χ2v) is 5.89. The first-order valence-electron chi connectivity index (χ1n) is 6.49. The molecule has 104 valence electrons. The van der Waals surface area contributed by atoms with Gasteiger partial charge in [-0.3, -0.25) is 0 Å². The van der Waals surface area contributed by atoms with Crippen LogP contribution in [0, 0.1) is 32.6 Å². The third-order valence-corrected chi connectivity index (χ3v) is 4.06. The molecule has 3 heteroatoms. The molecule has 0 unspecified atom stereocenters. The Kier molecular flexibility index (Phi) is 4.84. The zero-order valence-electron chi connectivity index (χ0n) is 12.0. The van der Waals surface area contributed by atoms with Crippen LogP contribution in [0.4, 0.5) is 0 Å². The maximum absolute atomic E-state index is 8.68. The van der Waals surface area contributed by atoms with E-state index >= 15 is 0 Å². The van der Waals surface area contributed by atoms with E-state index in [1.165, 1.54) is 16.7 Å². The number of aryl methyl sites for hydroxylation is 2. The van der Waals surface area contributed by atoms with Gasteiger partial charge in [0.05, 0.1) is 4.88 Å². The normalized spacial score (nSPS) is 10.0. The standard InChI is InChI=1S/C17H18O2S/c1-12-9-13(2)14(3)17(10-12)19-11-16-7-6-15(20-16)5-4-8-18/h6-7,9-10,18H,8,11H2,1-3H3. The fourth-order valence-electron chi connectivity index (χ4n) is 1.95. The molecule has 0 aliphatic heterocycles. The van der Waals surface area contributed by atoms with E-state index in [1.54, 1.807) is 11.3 Å². The molecular weight excluding hydrogens is 268 g/mol. The highest BCUT2D eigenvalue weighted by atomic mass is 32.1. The average Bonchev–Trinajstić information content (AvgIpc) is 2.86. The Hall–Kier alpha value is -1.76. The van der Waals surface area contributed by atoms with Crippen molar-refractivity contribution in [2.45, 2.75) is 27.4 Å². The monoisotopic (exact) mass is 286 g/mol. The Morgan fingerprint density at radius 2 is 2.00 bits per heavy atom. The second kappa shape index (κ2) is 6.60. The van der Waals surface area contributed by atoms with Gasteiger partial charge in [-0.1, -0.05) is 17.9 Å². The lowest BCUT2D eigenvalue weighted by Gasteiger charge is -2.11. The lowest BCUT2D eigenvalue weighted by atomic mass is 10.1. The van der Waals surface area contributed by atoms with E-state index in [1.807, 2.05) is 12.1 Å². The van der Waals surface area contributed by atoms with Gasteiger partial charge in [-0.05, 0) is 55.7 Å². The summed E-state index contributed by atoms with van der Waals surface area (Å²) in [4.78, 5) is 2.08. The van der Waals surface area contributed by atoms with Crippen LogP contribution in [-0.4, -0.2) is 11.7 Å². The van der Waals surface area contributed by atoms with Crippen molar-refractivity contribution in [3.05, 3.63) is 50.7 Å². The lowest BCUT2D eigenvalue weighted by molar-refractivity contribution is 0.307. The second-order valence-electron chi connectivity index (χ2n) is 4.72. The molecule has 1 heterocycles. The number of aliphatic hydroxyl groups is 1. The van der Waals surface area contributed by atoms with Gasteiger partial charge in [-0.15, -0.1) is 11.3 Å². The van der Waals surface area contributed by atoms with Crippen molar-refractivity contribution in [3.63, 3.8) is 0 Å². The largest absolute Gasteiger partial charge is 0.488 e. The summed E-state index contributed by atoms with van der Waals surface area (Å²) in [5, 5.41) is 8.68. The van der Waals surface area contributed by atoms with E-state index in [2.05, 4.69) is 44.7 Å². The Morgan fingerprint density at radius 3 is 2.75 bits per heavy atom. The number of ether oxygens (including phenoxy) is 1. The molecule has 0 bridgehead atoms. The summed E-state index contributed by atoms with van der Waals surface area (Å²) in [6, 6.07) is 8.21. The van der Waals surface area contributed by atoms with Crippen LogP contribution in [0.1, 0.15) is 26.4 Å². The summed E-state index contributed by atoms with van der Waals surface area (Å²) in [5.74, 6) is 6.50. The summed E-state index contributed by atoms with van der Waals surface area (Å²) >= 11 is 1.60. The molecule has 2 nitrogen and oxygen atoms in total. The first kappa shape index (κ1) is 14.6. The van der Waals surface area contributed by atoms with Gasteiger partial charge >= 0.3 is 0 Å². The van der Waals surface area contributed by atoms with Crippen LogP contribution in [0.2, 0.25) is 0 Å². The number of hydrogen-bond donors (Lipinski definition) is 1. The summed E-state index contributed by atoms with van der Waals surface area (Å²) in [7, 11) is 0. The van der Waals surface area contributed by atoms with Gasteiger partial charge in [0.1, 0.15) is 19.0 Å². The fourth-order valence-corrected chi connectivity index (χ4v) is 2.74. The number of hydrogen-bond acceptors (Lipinski definition) is 3. The smallest absolute Gasteiger partial charge is 0.123 e. The molecule has 1 N–H and O–H groups in total. The first-order chi connectivity index (χ1) is 9.60. The van der Waals surface area contributed by atoms with Crippen molar-refractivity contribution < 1.29 is 9.84 Å². The highest BCUT2D eigenvalue weighted by Crippen LogP contribution is 2.25. The molecule has 1 aromatic carbocycles. The van der Waals surface area contributed by atoms with Crippen molar-refractivity contribution in [2.75, 3.05) is 6.61 Å². The Bertz CT molecular complexity index is 659. The van der Waals surface area contributed by atoms with Gasteiger partial charge in [0, 0.05) is 4.88 Å². The van der Waals surface area contributed by atoms with Crippen LogP contribution < -0.4 is 4.74 Å². The lowest BCUT2D eigenvalue weighted by Crippen LogP contribution is -1.97. The summed E-state index contributed by atoms with van der Waals surface area (Å²) in [6.07, 6.45) is 0. The molecule has 2 aromatic rings. The van der Waals surface area contributed by atoms with Crippen LogP contribution in [0.3, 0.4) is 0 Å². The quantitative estimate of drug-likeness (QED) is 0.874. The Balaban J connectivity index is 2.07. The van der Waals surface area contributed by atoms with Crippen LogP contribution >= 0.6 is 11.3 Å². The van der Waals surface area contributed by atoms with Crippen molar-refractivity contribution in [2.24, 2.45) is 0 Å². The van der Waals surface area contributed by atoms with Crippen molar-refractivity contribution in [1.82, 2.24) is 0 Å². The highest BCUT2D eigenvalue weighted by molar-refractivity contribution is 7.12. The summed E-state index contributed by atoms with van der Waals surface area (Å²) in [5.41, 5.74) is 3.65. The molecule has 0 spiro atoms. The van der Waals surface area contributed by atoms with E-state index < -0.39 is 0 Å². The molecule has 1 aromatic heterocycles. The molecular formula is C17H18O2S. The molecule has 0 fully saturated rings. The number of aliphatic hydroxyl groups excluding tert-OH is 1.